The maximum absolute atomic E-state index is 11.2. The van der Waals surface area contributed by atoms with Crippen molar-refractivity contribution in [2.75, 3.05) is 17.7 Å². The van der Waals surface area contributed by atoms with Gasteiger partial charge in [-0.1, -0.05) is 0 Å². The minimum absolute atomic E-state index is 0.0803. The minimum Gasteiger partial charge on any atom is -0.478 e. The summed E-state index contributed by atoms with van der Waals surface area (Å²) in [5.74, 6) is 0.128. The number of nitrogens with two attached hydrogens (primary N) is 1. The van der Waals surface area contributed by atoms with Gasteiger partial charge in [0.15, 0.2) is 0 Å². The molecule has 0 aliphatic heterocycles. The first-order valence-electron chi connectivity index (χ1n) is 5.65. The van der Waals surface area contributed by atoms with E-state index in [1.54, 1.807) is 18.1 Å². The summed E-state index contributed by atoms with van der Waals surface area (Å²) in [6.07, 6.45) is 4.96. The van der Waals surface area contributed by atoms with E-state index in [2.05, 4.69) is 9.97 Å². The number of aryl methyl sites for hydroxylation is 1. The van der Waals surface area contributed by atoms with Crippen LogP contribution in [0.1, 0.15) is 16.2 Å². The number of hydrogen-bond acceptors (Lipinski definition) is 5. The molecule has 0 fully saturated rings. The van der Waals surface area contributed by atoms with Gasteiger partial charge >= 0.3 is 5.97 Å². The highest BCUT2D eigenvalue weighted by Crippen LogP contribution is 2.20. The maximum atomic E-state index is 11.2. The molecule has 0 bridgehead atoms. The highest BCUT2D eigenvalue weighted by atomic mass is 16.4. The van der Waals surface area contributed by atoms with Crippen molar-refractivity contribution in [3.8, 4) is 0 Å². The molecule has 0 atom stereocenters. The SMILES string of the molecule is CN(Cc1nccn1C)c1ncc(N)cc1C(=O)O. The molecule has 7 heteroatoms. The standard InChI is InChI=1S/C12H15N5O2/c1-16-4-3-14-10(16)7-17(2)11-9(12(18)19)5-8(13)6-15-11/h3-6H,7,13H2,1-2H3,(H,18,19). The number of pyridine rings is 1. The first-order chi connectivity index (χ1) is 8.99. The number of aromatic carboxylic acids is 1. The lowest BCUT2D eigenvalue weighted by Crippen LogP contribution is -2.22. The molecule has 2 aromatic rings. The summed E-state index contributed by atoms with van der Waals surface area (Å²) in [6.45, 7) is 0.459. The average molecular weight is 261 g/mol. The number of aromatic nitrogens is 3. The van der Waals surface area contributed by atoms with E-state index in [1.165, 1.54) is 12.3 Å². The Labute approximate surface area is 110 Å². The molecular formula is C12H15N5O2. The normalized spacial score (nSPS) is 10.4. The summed E-state index contributed by atoms with van der Waals surface area (Å²) < 4.78 is 1.87. The van der Waals surface area contributed by atoms with Crippen molar-refractivity contribution in [2.24, 2.45) is 7.05 Å². The topological polar surface area (TPSA) is 97.3 Å². The number of imidazole rings is 1. The number of carboxylic acid groups (broad SMARTS) is 1. The number of anilines is 2. The molecule has 0 spiro atoms. The fraction of sp³-hybridized carbons (Fsp3) is 0.250. The van der Waals surface area contributed by atoms with Gasteiger partial charge in [0, 0.05) is 26.5 Å². The van der Waals surface area contributed by atoms with Gasteiger partial charge < -0.3 is 20.3 Å². The first-order valence-corrected chi connectivity index (χ1v) is 5.65. The summed E-state index contributed by atoms with van der Waals surface area (Å²) in [7, 11) is 3.64. The van der Waals surface area contributed by atoms with E-state index in [0.29, 0.717) is 18.1 Å². The lowest BCUT2D eigenvalue weighted by Gasteiger charge is -2.19. The Hall–Kier alpha value is -2.57. The number of nitrogen functional groups attached to an aromatic ring is 1. The zero-order valence-electron chi connectivity index (χ0n) is 10.7. The Bertz CT molecular complexity index is 608. The third-order valence-electron chi connectivity index (χ3n) is 2.78. The van der Waals surface area contributed by atoms with Gasteiger partial charge in [-0.3, -0.25) is 0 Å². The van der Waals surface area contributed by atoms with Crippen LogP contribution in [0.2, 0.25) is 0 Å². The van der Waals surface area contributed by atoms with Crippen molar-refractivity contribution in [1.82, 2.24) is 14.5 Å². The molecule has 0 aliphatic rings. The summed E-state index contributed by atoms with van der Waals surface area (Å²) in [4.78, 5) is 21.2. The van der Waals surface area contributed by atoms with E-state index in [9.17, 15) is 9.90 Å². The molecule has 7 nitrogen and oxygen atoms in total. The largest absolute Gasteiger partial charge is 0.478 e. The van der Waals surface area contributed by atoms with Crippen molar-refractivity contribution in [1.29, 1.82) is 0 Å². The Morgan fingerprint density at radius 1 is 1.53 bits per heavy atom. The molecule has 0 radical (unpaired) electrons. The van der Waals surface area contributed by atoms with Crippen LogP contribution in [0.4, 0.5) is 11.5 Å². The molecule has 3 N–H and O–H groups in total. The van der Waals surface area contributed by atoms with E-state index in [-0.39, 0.29) is 5.56 Å². The number of rotatable bonds is 4. The summed E-state index contributed by atoms with van der Waals surface area (Å²) in [6, 6.07) is 1.40. The van der Waals surface area contributed by atoms with Crippen molar-refractivity contribution < 1.29 is 9.90 Å². The average Bonchev–Trinajstić information content (AvgIpc) is 2.74. The van der Waals surface area contributed by atoms with Gasteiger partial charge in [0.1, 0.15) is 17.2 Å². The van der Waals surface area contributed by atoms with Crippen molar-refractivity contribution >= 4 is 17.5 Å². The lowest BCUT2D eigenvalue weighted by molar-refractivity contribution is 0.0697. The highest BCUT2D eigenvalue weighted by Gasteiger charge is 2.16. The van der Waals surface area contributed by atoms with Crippen LogP contribution in [0.3, 0.4) is 0 Å². The van der Waals surface area contributed by atoms with Gasteiger partial charge in [-0.15, -0.1) is 0 Å². The van der Waals surface area contributed by atoms with Crippen LogP contribution in [0.25, 0.3) is 0 Å². The Kier molecular flexibility index (Phi) is 3.37. The van der Waals surface area contributed by atoms with Crippen molar-refractivity contribution in [2.45, 2.75) is 6.54 Å². The molecular weight excluding hydrogens is 246 g/mol. The molecule has 0 saturated heterocycles. The Morgan fingerprint density at radius 3 is 2.84 bits per heavy atom. The number of carbonyl (C=O) groups is 1. The zero-order chi connectivity index (χ0) is 14.0. The molecule has 0 saturated carbocycles. The van der Waals surface area contributed by atoms with E-state index in [1.807, 2.05) is 17.8 Å². The fourth-order valence-electron chi connectivity index (χ4n) is 1.77. The van der Waals surface area contributed by atoms with Gasteiger partial charge in [-0.25, -0.2) is 14.8 Å². The smallest absolute Gasteiger partial charge is 0.339 e. The van der Waals surface area contributed by atoms with Gasteiger partial charge in [-0.05, 0) is 6.07 Å². The molecule has 100 valence electrons. The lowest BCUT2D eigenvalue weighted by atomic mass is 10.2. The van der Waals surface area contributed by atoms with E-state index in [4.69, 9.17) is 5.73 Å². The predicted molar refractivity (Wildman–Crippen MR) is 70.9 cm³/mol. The third-order valence-corrected chi connectivity index (χ3v) is 2.78. The molecule has 0 unspecified atom stereocenters. The first kappa shape index (κ1) is 12.9. The Balaban J connectivity index is 2.31. The molecule has 2 heterocycles. The zero-order valence-corrected chi connectivity index (χ0v) is 10.7. The van der Waals surface area contributed by atoms with Crippen LogP contribution in [0.15, 0.2) is 24.7 Å². The summed E-state index contributed by atoms with van der Waals surface area (Å²) in [5, 5.41) is 9.18. The van der Waals surface area contributed by atoms with Gasteiger partial charge in [0.2, 0.25) is 0 Å². The monoisotopic (exact) mass is 261 g/mol. The number of carboxylic acids is 1. The highest BCUT2D eigenvalue weighted by molar-refractivity contribution is 5.94. The van der Waals surface area contributed by atoms with Crippen LogP contribution >= 0.6 is 0 Å². The number of hydrogen-bond donors (Lipinski definition) is 2. The third kappa shape index (κ3) is 2.65. The van der Waals surface area contributed by atoms with Crippen molar-refractivity contribution in [3.63, 3.8) is 0 Å². The molecule has 2 rings (SSSR count). The van der Waals surface area contributed by atoms with Crippen molar-refractivity contribution in [3.05, 3.63) is 36.0 Å². The second-order valence-electron chi connectivity index (χ2n) is 4.26. The molecule has 0 amide bonds. The second kappa shape index (κ2) is 4.97. The van der Waals surface area contributed by atoms with Crippen LogP contribution in [0, 0.1) is 0 Å². The molecule has 0 aliphatic carbocycles. The molecule has 2 aromatic heterocycles. The van der Waals surface area contributed by atoms with Crippen LogP contribution in [0.5, 0.6) is 0 Å². The maximum Gasteiger partial charge on any atom is 0.339 e. The summed E-state index contributed by atoms with van der Waals surface area (Å²) in [5.41, 5.74) is 5.97. The fourth-order valence-corrected chi connectivity index (χ4v) is 1.77. The predicted octanol–water partition coefficient (Wildman–Crippen LogP) is 0.732. The molecule has 0 aromatic carbocycles. The van der Waals surface area contributed by atoms with Crippen LogP contribution in [-0.4, -0.2) is 32.7 Å². The van der Waals surface area contributed by atoms with E-state index >= 15 is 0 Å². The van der Waals surface area contributed by atoms with Gasteiger partial charge in [0.25, 0.3) is 0 Å². The quantitative estimate of drug-likeness (QED) is 0.842. The van der Waals surface area contributed by atoms with Crippen LogP contribution in [-0.2, 0) is 13.6 Å². The molecule has 19 heavy (non-hydrogen) atoms. The van der Waals surface area contributed by atoms with E-state index in [0.717, 1.165) is 5.82 Å². The summed E-state index contributed by atoms with van der Waals surface area (Å²) >= 11 is 0. The van der Waals surface area contributed by atoms with Crippen LogP contribution < -0.4 is 10.6 Å². The van der Waals surface area contributed by atoms with E-state index < -0.39 is 5.97 Å². The number of nitrogens with zero attached hydrogens (tertiary/aromatic N) is 4. The Morgan fingerprint density at radius 2 is 2.26 bits per heavy atom. The second-order valence-corrected chi connectivity index (χ2v) is 4.26. The van der Waals surface area contributed by atoms with Gasteiger partial charge in [-0.2, -0.15) is 0 Å². The minimum atomic E-state index is -1.05. The van der Waals surface area contributed by atoms with Gasteiger partial charge in [0.05, 0.1) is 18.4 Å².